The van der Waals surface area contributed by atoms with E-state index in [1.54, 1.807) is 20.8 Å². The highest BCUT2D eigenvalue weighted by Crippen LogP contribution is 2.33. The SMILES string of the molecule is CC[C@@H](CC(=O)OC(C)(C)C)c1ccc(Cl)c(C(=O)c2ccc(C#N)c(OC)c2)c1F. The second kappa shape index (κ2) is 9.93. The monoisotopic (exact) mass is 445 g/mol. The fraction of sp³-hybridized carbons (Fsp3) is 0.375. The van der Waals surface area contributed by atoms with Crippen LogP contribution < -0.4 is 4.74 Å². The molecule has 1 atom stereocenters. The maximum absolute atomic E-state index is 15.5. The number of rotatable bonds is 7. The molecule has 0 aliphatic carbocycles. The van der Waals surface area contributed by atoms with E-state index < -0.39 is 29.1 Å². The van der Waals surface area contributed by atoms with Crippen LogP contribution in [0.15, 0.2) is 30.3 Å². The Labute approximate surface area is 186 Å². The topological polar surface area (TPSA) is 76.4 Å². The fourth-order valence-electron chi connectivity index (χ4n) is 3.22. The first-order valence-electron chi connectivity index (χ1n) is 9.84. The van der Waals surface area contributed by atoms with Crippen LogP contribution in [0.3, 0.4) is 0 Å². The summed E-state index contributed by atoms with van der Waals surface area (Å²) in [6.45, 7) is 7.11. The van der Waals surface area contributed by atoms with Gasteiger partial charge >= 0.3 is 5.97 Å². The lowest BCUT2D eigenvalue weighted by molar-refractivity contribution is -0.155. The molecule has 0 aromatic heterocycles. The van der Waals surface area contributed by atoms with Gasteiger partial charge < -0.3 is 9.47 Å². The third-order valence-corrected chi connectivity index (χ3v) is 5.01. The minimum absolute atomic E-state index is 0.0232. The van der Waals surface area contributed by atoms with Crippen molar-refractivity contribution in [1.82, 2.24) is 0 Å². The summed E-state index contributed by atoms with van der Waals surface area (Å²) in [5.74, 6) is -2.12. The lowest BCUT2D eigenvalue weighted by atomic mass is 9.89. The van der Waals surface area contributed by atoms with E-state index in [2.05, 4.69) is 0 Å². The first kappa shape index (κ1) is 24.4. The van der Waals surface area contributed by atoms with E-state index in [1.807, 2.05) is 13.0 Å². The molecule has 2 aromatic rings. The van der Waals surface area contributed by atoms with Crippen LogP contribution in [0.1, 0.15) is 73.5 Å². The van der Waals surface area contributed by atoms with Crippen molar-refractivity contribution in [2.45, 2.75) is 52.1 Å². The van der Waals surface area contributed by atoms with E-state index in [4.69, 9.17) is 26.3 Å². The third kappa shape index (κ3) is 5.83. The van der Waals surface area contributed by atoms with Gasteiger partial charge in [0.2, 0.25) is 0 Å². The van der Waals surface area contributed by atoms with Gasteiger partial charge in [-0.05, 0) is 62.9 Å². The normalized spacial score (nSPS) is 12.1. The smallest absolute Gasteiger partial charge is 0.306 e. The van der Waals surface area contributed by atoms with Gasteiger partial charge in [0.1, 0.15) is 23.2 Å². The van der Waals surface area contributed by atoms with Crippen LogP contribution in [0.25, 0.3) is 0 Å². The van der Waals surface area contributed by atoms with Gasteiger partial charge in [-0.1, -0.05) is 24.6 Å². The first-order chi connectivity index (χ1) is 14.5. The molecule has 164 valence electrons. The Morgan fingerprint density at radius 1 is 1.23 bits per heavy atom. The summed E-state index contributed by atoms with van der Waals surface area (Å²) < 4.78 is 26.0. The average molecular weight is 446 g/mol. The lowest BCUT2D eigenvalue weighted by Crippen LogP contribution is -2.25. The number of benzene rings is 2. The van der Waals surface area contributed by atoms with Gasteiger partial charge in [0.15, 0.2) is 5.78 Å². The molecule has 2 rings (SSSR count). The van der Waals surface area contributed by atoms with E-state index in [9.17, 15) is 9.59 Å². The van der Waals surface area contributed by atoms with Gasteiger partial charge in [0, 0.05) is 5.56 Å². The molecule has 2 aromatic carbocycles. The number of ether oxygens (including phenoxy) is 2. The number of halogens is 2. The van der Waals surface area contributed by atoms with Crippen LogP contribution in [0.2, 0.25) is 5.02 Å². The zero-order chi connectivity index (χ0) is 23.3. The maximum atomic E-state index is 15.5. The Balaban J connectivity index is 2.45. The summed E-state index contributed by atoms with van der Waals surface area (Å²) in [6.07, 6.45) is 0.445. The summed E-state index contributed by atoms with van der Waals surface area (Å²) in [6, 6.07) is 9.13. The molecule has 31 heavy (non-hydrogen) atoms. The van der Waals surface area contributed by atoms with Crippen molar-refractivity contribution < 1.29 is 23.5 Å². The Hall–Kier alpha value is -2.91. The number of carbonyl (C=O) groups is 2. The number of hydrogen-bond acceptors (Lipinski definition) is 5. The molecule has 0 saturated heterocycles. The molecule has 0 unspecified atom stereocenters. The van der Waals surface area contributed by atoms with Gasteiger partial charge in [0.25, 0.3) is 0 Å². The molecule has 0 N–H and O–H groups in total. The molecule has 0 bridgehead atoms. The number of hydrogen-bond donors (Lipinski definition) is 0. The van der Waals surface area contributed by atoms with Crippen LogP contribution in [0.5, 0.6) is 5.75 Å². The molecule has 0 amide bonds. The predicted molar refractivity (Wildman–Crippen MR) is 116 cm³/mol. The van der Waals surface area contributed by atoms with E-state index in [0.717, 1.165) is 0 Å². The molecule has 0 aliphatic heterocycles. The standard InChI is InChI=1S/C24H25ClFNO4/c1-6-14(12-20(28)31-24(2,3)4)17-9-10-18(25)21(22(17)26)23(29)15-7-8-16(13-27)19(11-15)30-5/h7-11,14H,6,12H2,1-5H3/t14-/m0/s1. The quantitative estimate of drug-likeness (QED) is 0.396. The third-order valence-electron chi connectivity index (χ3n) is 4.70. The molecule has 0 radical (unpaired) electrons. The molecule has 7 heteroatoms. The van der Waals surface area contributed by atoms with E-state index in [1.165, 1.54) is 37.4 Å². The van der Waals surface area contributed by atoms with Crippen LogP contribution in [-0.2, 0) is 9.53 Å². The van der Waals surface area contributed by atoms with Crippen LogP contribution >= 0.6 is 11.6 Å². The first-order valence-corrected chi connectivity index (χ1v) is 10.2. The van der Waals surface area contributed by atoms with E-state index >= 15 is 4.39 Å². The highest BCUT2D eigenvalue weighted by Gasteiger charge is 2.27. The van der Waals surface area contributed by atoms with E-state index in [0.29, 0.717) is 6.42 Å². The summed E-state index contributed by atoms with van der Waals surface area (Å²) >= 11 is 6.18. The predicted octanol–water partition coefficient (Wildman–Crippen LogP) is 5.82. The Morgan fingerprint density at radius 2 is 1.90 bits per heavy atom. The molecule has 0 saturated carbocycles. The van der Waals surface area contributed by atoms with Crippen molar-refractivity contribution in [3.05, 3.63) is 63.4 Å². The van der Waals surface area contributed by atoms with Crippen molar-refractivity contribution in [2.24, 2.45) is 0 Å². The number of ketones is 1. The van der Waals surface area contributed by atoms with Gasteiger partial charge in [0.05, 0.1) is 29.7 Å². The molecular formula is C24H25ClFNO4. The summed E-state index contributed by atoms with van der Waals surface area (Å²) in [4.78, 5) is 25.3. The molecule has 0 aliphatic rings. The lowest BCUT2D eigenvalue weighted by Gasteiger charge is -2.22. The Kier molecular flexibility index (Phi) is 7.80. The number of nitriles is 1. The van der Waals surface area contributed by atoms with Gasteiger partial charge in [-0.25, -0.2) is 4.39 Å². The van der Waals surface area contributed by atoms with Crippen molar-refractivity contribution in [3.63, 3.8) is 0 Å². The molecule has 0 fully saturated rings. The maximum Gasteiger partial charge on any atom is 0.306 e. The fourth-order valence-corrected chi connectivity index (χ4v) is 3.45. The highest BCUT2D eigenvalue weighted by atomic mass is 35.5. The highest BCUT2D eigenvalue weighted by molar-refractivity contribution is 6.35. The second-order valence-corrected chi connectivity index (χ2v) is 8.48. The second-order valence-electron chi connectivity index (χ2n) is 8.08. The number of methoxy groups -OCH3 is 1. The van der Waals surface area contributed by atoms with Crippen LogP contribution in [0, 0.1) is 17.1 Å². The molecule has 0 heterocycles. The largest absolute Gasteiger partial charge is 0.495 e. The molecule has 0 spiro atoms. The van der Waals surface area contributed by atoms with Crippen LogP contribution in [-0.4, -0.2) is 24.5 Å². The number of nitrogens with zero attached hydrogens (tertiary/aromatic N) is 1. The van der Waals surface area contributed by atoms with Crippen molar-refractivity contribution in [2.75, 3.05) is 7.11 Å². The van der Waals surface area contributed by atoms with Crippen molar-refractivity contribution >= 4 is 23.4 Å². The van der Waals surface area contributed by atoms with Gasteiger partial charge in [-0.3, -0.25) is 9.59 Å². The number of carbonyl (C=O) groups excluding carboxylic acids is 2. The minimum Gasteiger partial charge on any atom is -0.495 e. The van der Waals surface area contributed by atoms with Crippen molar-refractivity contribution in [1.29, 1.82) is 5.26 Å². The van der Waals surface area contributed by atoms with Gasteiger partial charge in [-0.15, -0.1) is 0 Å². The Bertz CT molecular complexity index is 1040. The summed E-state index contributed by atoms with van der Waals surface area (Å²) in [5.41, 5.74) is -0.323. The van der Waals surface area contributed by atoms with Crippen molar-refractivity contribution in [3.8, 4) is 11.8 Å². The average Bonchev–Trinajstić information content (AvgIpc) is 2.70. The summed E-state index contributed by atoms with van der Waals surface area (Å²) in [5, 5.41) is 9.08. The van der Waals surface area contributed by atoms with Gasteiger partial charge in [-0.2, -0.15) is 5.26 Å². The zero-order valence-corrected chi connectivity index (χ0v) is 19.0. The Morgan fingerprint density at radius 3 is 2.45 bits per heavy atom. The molecular weight excluding hydrogens is 421 g/mol. The minimum atomic E-state index is -0.767. The number of esters is 1. The molecule has 5 nitrogen and oxygen atoms in total. The van der Waals surface area contributed by atoms with E-state index in [-0.39, 0.29) is 39.4 Å². The summed E-state index contributed by atoms with van der Waals surface area (Å²) in [7, 11) is 1.38. The zero-order valence-electron chi connectivity index (χ0n) is 18.2. The van der Waals surface area contributed by atoms with Crippen LogP contribution in [0.4, 0.5) is 4.39 Å².